The molecule has 1 heterocycles. The number of hydrogen-bond acceptors (Lipinski definition) is 1. The van der Waals surface area contributed by atoms with Crippen molar-refractivity contribution in [2.75, 3.05) is 0 Å². The number of rotatable bonds is 0. The highest BCUT2D eigenvalue weighted by Gasteiger charge is 2.68. The van der Waals surface area contributed by atoms with Crippen LogP contribution in [0.3, 0.4) is 0 Å². The topological polar surface area (TPSA) is 9.23 Å². The smallest absolute Gasteiger partial charge is 0.115 e. The quantitative estimate of drug-likeness (QED) is 0.592. The van der Waals surface area contributed by atoms with Gasteiger partial charge in [0.2, 0.25) is 0 Å². The van der Waals surface area contributed by atoms with Gasteiger partial charge in [0.15, 0.2) is 0 Å². The molecule has 2 aliphatic carbocycles. The van der Waals surface area contributed by atoms with Crippen molar-refractivity contribution in [3.8, 4) is 0 Å². The number of allylic oxidation sites excluding steroid dienone is 2. The predicted molar refractivity (Wildman–Crippen MR) is 66.0 cm³/mol. The molecule has 0 N–H and O–H groups in total. The van der Waals surface area contributed by atoms with Gasteiger partial charge in [-0.15, -0.1) is 0 Å². The van der Waals surface area contributed by atoms with Crippen molar-refractivity contribution in [2.45, 2.75) is 65.4 Å². The lowest BCUT2D eigenvalue weighted by Crippen LogP contribution is -2.48. The van der Waals surface area contributed by atoms with E-state index in [0.29, 0.717) is 11.3 Å². The maximum atomic E-state index is 6.47. The number of ether oxygens (including phenoxy) is 1. The maximum Gasteiger partial charge on any atom is 0.115 e. The van der Waals surface area contributed by atoms with Crippen LogP contribution in [0.25, 0.3) is 0 Å². The molecule has 2 bridgehead atoms. The van der Waals surface area contributed by atoms with E-state index in [1.807, 2.05) is 0 Å². The van der Waals surface area contributed by atoms with Crippen LogP contribution in [-0.4, -0.2) is 5.60 Å². The Morgan fingerprint density at radius 1 is 1.25 bits per heavy atom. The molecular formula is C15H24O. The van der Waals surface area contributed by atoms with Gasteiger partial charge >= 0.3 is 0 Å². The van der Waals surface area contributed by atoms with E-state index in [4.69, 9.17) is 4.74 Å². The molecule has 0 aromatic rings. The summed E-state index contributed by atoms with van der Waals surface area (Å²) in [6.45, 7) is 9.38. The minimum absolute atomic E-state index is 0.210. The normalized spacial score (nSPS) is 50.1. The molecule has 16 heavy (non-hydrogen) atoms. The van der Waals surface area contributed by atoms with E-state index in [9.17, 15) is 0 Å². The van der Waals surface area contributed by atoms with Crippen molar-refractivity contribution < 1.29 is 4.74 Å². The van der Waals surface area contributed by atoms with E-state index in [0.717, 1.165) is 5.92 Å². The summed E-state index contributed by atoms with van der Waals surface area (Å²) in [6, 6.07) is 0. The predicted octanol–water partition coefficient (Wildman–Crippen LogP) is 4.29. The van der Waals surface area contributed by atoms with Gasteiger partial charge in [-0.25, -0.2) is 0 Å². The van der Waals surface area contributed by atoms with Gasteiger partial charge in [0, 0.05) is 11.3 Å². The largest absolute Gasteiger partial charge is 0.491 e. The Hall–Kier alpha value is -0.460. The highest BCUT2D eigenvalue weighted by Crippen LogP contribution is 2.69. The molecule has 90 valence electrons. The fraction of sp³-hybridized carbons (Fsp3) is 0.867. The molecule has 3 rings (SSSR count). The monoisotopic (exact) mass is 220 g/mol. The lowest BCUT2D eigenvalue weighted by atomic mass is 9.59. The first-order chi connectivity index (χ1) is 7.51. The molecule has 1 nitrogen and oxygen atoms in total. The summed E-state index contributed by atoms with van der Waals surface area (Å²) >= 11 is 0. The molecule has 0 aromatic heterocycles. The van der Waals surface area contributed by atoms with E-state index in [-0.39, 0.29) is 5.60 Å². The molecule has 0 spiro atoms. The van der Waals surface area contributed by atoms with E-state index >= 15 is 0 Å². The fourth-order valence-corrected chi connectivity index (χ4v) is 4.79. The Balaban J connectivity index is 2.11. The van der Waals surface area contributed by atoms with Crippen molar-refractivity contribution in [3.05, 3.63) is 11.3 Å². The van der Waals surface area contributed by atoms with E-state index < -0.39 is 0 Å². The molecule has 1 heteroatoms. The Morgan fingerprint density at radius 3 is 2.62 bits per heavy atom. The lowest BCUT2D eigenvalue weighted by Gasteiger charge is -2.47. The number of hydrogen-bond donors (Lipinski definition) is 0. The van der Waals surface area contributed by atoms with Crippen LogP contribution in [0.4, 0.5) is 0 Å². The van der Waals surface area contributed by atoms with Gasteiger partial charge in [0.25, 0.3) is 0 Å². The summed E-state index contributed by atoms with van der Waals surface area (Å²) in [7, 11) is 0. The zero-order valence-electron chi connectivity index (χ0n) is 11.1. The molecular weight excluding hydrogens is 196 g/mol. The Bertz CT molecular complexity index is 352. The van der Waals surface area contributed by atoms with Crippen LogP contribution in [0.5, 0.6) is 0 Å². The fourth-order valence-electron chi connectivity index (χ4n) is 4.79. The first-order valence-corrected chi connectivity index (χ1v) is 6.88. The molecule has 0 radical (unpaired) electrons. The third kappa shape index (κ3) is 0.983. The highest BCUT2D eigenvalue weighted by atomic mass is 16.5. The average molecular weight is 220 g/mol. The second-order valence-corrected chi connectivity index (χ2v) is 6.63. The average Bonchev–Trinajstić information content (AvgIpc) is 2.67. The second-order valence-electron chi connectivity index (χ2n) is 6.63. The first-order valence-electron chi connectivity index (χ1n) is 6.88. The molecule has 2 saturated carbocycles. The lowest BCUT2D eigenvalue weighted by molar-refractivity contribution is -0.0839. The van der Waals surface area contributed by atoms with E-state index in [1.165, 1.54) is 43.4 Å². The Kier molecular flexibility index (Phi) is 2.04. The van der Waals surface area contributed by atoms with Crippen molar-refractivity contribution in [1.82, 2.24) is 0 Å². The molecule has 0 amide bonds. The molecule has 3 fully saturated rings. The SMILES string of the molecule is CC(C)=C1O[C@@]23CCC[C@H](C)[C@@]2(C)[C@@H]1CC3. The van der Waals surface area contributed by atoms with Crippen LogP contribution in [0.15, 0.2) is 11.3 Å². The molecule has 1 aliphatic heterocycles. The summed E-state index contributed by atoms with van der Waals surface area (Å²) in [5.74, 6) is 2.89. The van der Waals surface area contributed by atoms with E-state index in [2.05, 4.69) is 27.7 Å². The van der Waals surface area contributed by atoms with Crippen molar-refractivity contribution >= 4 is 0 Å². The molecule has 0 aromatic carbocycles. The molecule has 4 atom stereocenters. The Labute approximate surface area is 99.3 Å². The maximum absolute atomic E-state index is 6.47. The Morgan fingerprint density at radius 2 is 2.00 bits per heavy atom. The van der Waals surface area contributed by atoms with Crippen molar-refractivity contribution in [2.24, 2.45) is 17.3 Å². The van der Waals surface area contributed by atoms with Crippen molar-refractivity contribution in [3.63, 3.8) is 0 Å². The summed E-state index contributed by atoms with van der Waals surface area (Å²) in [5.41, 5.74) is 2.05. The first kappa shape index (κ1) is 10.7. The summed E-state index contributed by atoms with van der Waals surface area (Å²) in [6.07, 6.45) is 6.71. The summed E-state index contributed by atoms with van der Waals surface area (Å²) in [5, 5.41) is 0. The third-order valence-electron chi connectivity index (χ3n) is 5.90. The standard InChI is InChI=1S/C15H24O/c1-10(2)13-12-7-9-15(16-13)8-5-6-11(3)14(12,15)4/h11-12H,5-9H2,1-4H3/t11-,12+,14-,15+/m0/s1. The van der Waals surface area contributed by atoms with Gasteiger partial charge in [0.05, 0.1) is 5.76 Å². The zero-order chi connectivity index (χ0) is 11.6. The highest BCUT2D eigenvalue weighted by molar-refractivity contribution is 5.28. The second kappa shape index (κ2) is 3.05. The van der Waals surface area contributed by atoms with Gasteiger partial charge in [-0.1, -0.05) is 13.8 Å². The van der Waals surface area contributed by atoms with Crippen LogP contribution in [0.2, 0.25) is 0 Å². The zero-order valence-corrected chi connectivity index (χ0v) is 11.1. The van der Waals surface area contributed by atoms with Crippen LogP contribution >= 0.6 is 0 Å². The van der Waals surface area contributed by atoms with Gasteiger partial charge in [-0.2, -0.15) is 0 Å². The summed E-state index contributed by atoms with van der Waals surface area (Å²) in [4.78, 5) is 0. The van der Waals surface area contributed by atoms with Crippen LogP contribution in [0.1, 0.15) is 59.8 Å². The molecule has 0 unspecified atom stereocenters. The van der Waals surface area contributed by atoms with Gasteiger partial charge in [-0.3, -0.25) is 0 Å². The molecule has 1 saturated heterocycles. The van der Waals surface area contributed by atoms with Crippen molar-refractivity contribution in [1.29, 1.82) is 0 Å². The van der Waals surface area contributed by atoms with Crippen LogP contribution in [0, 0.1) is 17.3 Å². The summed E-state index contributed by atoms with van der Waals surface area (Å²) < 4.78 is 6.47. The van der Waals surface area contributed by atoms with Gasteiger partial charge < -0.3 is 4.74 Å². The molecule has 3 aliphatic rings. The van der Waals surface area contributed by atoms with Crippen LogP contribution in [-0.2, 0) is 4.74 Å². The van der Waals surface area contributed by atoms with Crippen LogP contribution < -0.4 is 0 Å². The van der Waals surface area contributed by atoms with Gasteiger partial charge in [0.1, 0.15) is 5.60 Å². The van der Waals surface area contributed by atoms with Gasteiger partial charge in [-0.05, 0) is 57.4 Å². The minimum Gasteiger partial charge on any atom is -0.491 e. The van der Waals surface area contributed by atoms with E-state index in [1.54, 1.807) is 0 Å². The third-order valence-corrected chi connectivity index (χ3v) is 5.90. The minimum atomic E-state index is 0.210.